The second-order valence-corrected chi connectivity index (χ2v) is 6.47. The molecule has 0 saturated heterocycles. The first-order chi connectivity index (χ1) is 9.99. The Morgan fingerprint density at radius 3 is 2.67 bits per heavy atom. The molecule has 0 heterocycles. The number of carbonyl (C=O) groups is 1. The van der Waals surface area contributed by atoms with Crippen LogP contribution in [0.1, 0.15) is 42.5 Å². The number of hydrogen-bond donors (Lipinski definition) is 0. The highest BCUT2D eigenvalue weighted by Gasteiger charge is 2.21. The molecule has 0 N–H and O–H groups in total. The zero-order valence-corrected chi connectivity index (χ0v) is 13.6. The van der Waals surface area contributed by atoms with Crippen LogP contribution < -0.4 is 0 Å². The maximum Gasteiger partial charge on any atom is 0.284 e. The number of carbonyl (C=O) groups excluding carboxylic acids is 1. The molecule has 1 aromatic rings. The van der Waals surface area contributed by atoms with Gasteiger partial charge in [0.1, 0.15) is 0 Å². The van der Waals surface area contributed by atoms with Gasteiger partial charge < -0.3 is 4.90 Å². The van der Waals surface area contributed by atoms with Crippen molar-refractivity contribution in [3.63, 3.8) is 0 Å². The topological polar surface area (TPSA) is 63.5 Å². The van der Waals surface area contributed by atoms with Crippen molar-refractivity contribution < 1.29 is 9.72 Å². The van der Waals surface area contributed by atoms with Crippen LogP contribution >= 0.6 is 15.9 Å². The smallest absolute Gasteiger partial charge is 0.284 e. The van der Waals surface area contributed by atoms with Crippen LogP contribution in [-0.2, 0) is 0 Å². The summed E-state index contributed by atoms with van der Waals surface area (Å²) in [5, 5.41) is 10.9. The number of nitro groups is 1. The number of nitro benzene ring substituents is 1. The summed E-state index contributed by atoms with van der Waals surface area (Å²) in [5.41, 5.74) is 0.287. The minimum atomic E-state index is -0.484. The first kappa shape index (κ1) is 15.9. The molecule has 1 aliphatic carbocycles. The molecule has 21 heavy (non-hydrogen) atoms. The fourth-order valence-corrected chi connectivity index (χ4v) is 3.24. The van der Waals surface area contributed by atoms with Gasteiger partial charge in [-0.2, -0.15) is 0 Å². The maximum atomic E-state index is 12.4. The second-order valence-electron chi connectivity index (χ2n) is 5.61. The van der Waals surface area contributed by atoms with Gasteiger partial charge in [0.05, 0.1) is 9.40 Å². The zero-order chi connectivity index (χ0) is 15.4. The van der Waals surface area contributed by atoms with Gasteiger partial charge in [-0.25, -0.2) is 0 Å². The molecule has 0 bridgehead atoms. The fraction of sp³-hybridized carbons (Fsp3) is 0.533. The Labute approximate surface area is 132 Å². The third-order valence-electron chi connectivity index (χ3n) is 3.99. The highest BCUT2D eigenvalue weighted by molar-refractivity contribution is 9.10. The third-order valence-corrected chi connectivity index (χ3v) is 4.66. The van der Waals surface area contributed by atoms with Crippen molar-refractivity contribution in [2.24, 2.45) is 5.92 Å². The van der Waals surface area contributed by atoms with Crippen LogP contribution in [0.15, 0.2) is 22.7 Å². The summed E-state index contributed by atoms with van der Waals surface area (Å²) >= 11 is 3.13. The number of benzene rings is 1. The molecule has 1 saturated carbocycles. The van der Waals surface area contributed by atoms with E-state index >= 15 is 0 Å². The van der Waals surface area contributed by atoms with Crippen molar-refractivity contribution in [2.45, 2.75) is 32.1 Å². The lowest BCUT2D eigenvalue weighted by Gasteiger charge is -2.27. The molecule has 6 heteroatoms. The van der Waals surface area contributed by atoms with Crippen molar-refractivity contribution in [3.8, 4) is 0 Å². The molecule has 1 fully saturated rings. The Balaban J connectivity index is 2.08. The number of hydrogen-bond acceptors (Lipinski definition) is 3. The number of halogens is 1. The van der Waals surface area contributed by atoms with Crippen molar-refractivity contribution in [1.82, 2.24) is 4.90 Å². The van der Waals surface area contributed by atoms with Gasteiger partial charge in [0.2, 0.25) is 0 Å². The molecule has 0 aromatic heterocycles. The van der Waals surface area contributed by atoms with E-state index in [1.54, 1.807) is 24.1 Å². The predicted octanol–water partition coefficient (Wildman–Crippen LogP) is 4.01. The van der Waals surface area contributed by atoms with E-state index in [1.807, 2.05) is 0 Å². The van der Waals surface area contributed by atoms with Crippen LogP contribution in [0.3, 0.4) is 0 Å². The third kappa shape index (κ3) is 4.03. The molecule has 2 rings (SSSR count). The summed E-state index contributed by atoms with van der Waals surface area (Å²) in [6.07, 6.45) is 6.08. The Morgan fingerprint density at radius 1 is 1.38 bits per heavy atom. The Hall–Kier alpha value is -1.43. The number of amides is 1. The molecule has 0 unspecified atom stereocenters. The predicted molar refractivity (Wildman–Crippen MR) is 84.3 cm³/mol. The molecule has 0 spiro atoms. The van der Waals surface area contributed by atoms with Crippen LogP contribution in [0, 0.1) is 16.0 Å². The SMILES string of the molecule is CN(CC1CCCCC1)C(=O)c1ccc(Br)c([N+](=O)[O-])c1. The highest BCUT2D eigenvalue weighted by Crippen LogP contribution is 2.27. The van der Waals surface area contributed by atoms with E-state index in [4.69, 9.17) is 0 Å². The normalized spacial score (nSPS) is 15.7. The lowest BCUT2D eigenvalue weighted by atomic mass is 9.89. The van der Waals surface area contributed by atoms with Crippen molar-refractivity contribution in [2.75, 3.05) is 13.6 Å². The van der Waals surface area contributed by atoms with Crippen LogP contribution in [0.2, 0.25) is 0 Å². The van der Waals surface area contributed by atoms with Crippen molar-refractivity contribution in [1.29, 1.82) is 0 Å². The average Bonchev–Trinajstić information content (AvgIpc) is 2.47. The Morgan fingerprint density at radius 2 is 2.05 bits per heavy atom. The Kier molecular flexibility index (Phi) is 5.33. The molecular weight excluding hydrogens is 336 g/mol. The second kappa shape index (κ2) is 7.02. The van der Waals surface area contributed by atoms with E-state index in [-0.39, 0.29) is 11.6 Å². The molecule has 5 nitrogen and oxygen atoms in total. The van der Waals surface area contributed by atoms with E-state index in [2.05, 4.69) is 15.9 Å². The van der Waals surface area contributed by atoms with Gasteiger partial charge in [0.25, 0.3) is 11.6 Å². The van der Waals surface area contributed by atoms with Crippen LogP contribution in [-0.4, -0.2) is 29.3 Å². The molecular formula is C15H19BrN2O3. The molecule has 1 aliphatic rings. The summed E-state index contributed by atoms with van der Waals surface area (Å²) in [6, 6.07) is 4.51. The molecule has 0 atom stereocenters. The van der Waals surface area contributed by atoms with E-state index in [1.165, 1.54) is 25.3 Å². The van der Waals surface area contributed by atoms with E-state index in [0.717, 1.165) is 19.4 Å². The van der Waals surface area contributed by atoms with Crippen LogP contribution in [0.25, 0.3) is 0 Å². The van der Waals surface area contributed by atoms with Crippen LogP contribution in [0.5, 0.6) is 0 Å². The summed E-state index contributed by atoms with van der Waals surface area (Å²) in [6.45, 7) is 0.725. The lowest BCUT2D eigenvalue weighted by molar-refractivity contribution is -0.385. The van der Waals surface area contributed by atoms with Gasteiger partial charge in [-0.1, -0.05) is 19.3 Å². The molecule has 0 radical (unpaired) electrons. The summed E-state index contributed by atoms with van der Waals surface area (Å²) in [7, 11) is 1.77. The van der Waals surface area contributed by atoms with Gasteiger partial charge in [-0.15, -0.1) is 0 Å². The van der Waals surface area contributed by atoms with Crippen molar-refractivity contribution >= 4 is 27.5 Å². The van der Waals surface area contributed by atoms with Gasteiger partial charge in [-0.3, -0.25) is 14.9 Å². The monoisotopic (exact) mass is 354 g/mol. The lowest BCUT2D eigenvalue weighted by Crippen LogP contribution is -2.32. The largest absolute Gasteiger partial charge is 0.341 e. The molecule has 0 aliphatic heterocycles. The minimum absolute atomic E-state index is 0.0769. The van der Waals surface area contributed by atoms with E-state index in [0.29, 0.717) is 16.0 Å². The highest BCUT2D eigenvalue weighted by atomic mass is 79.9. The first-order valence-corrected chi connectivity index (χ1v) is 7.97. The maximum absolute atomic E-state index is 12.4. The van der Waals surface area contributed by atoms with Gasteiger partial charge >= 0.3 is 0 Å². The minimum Gasteiger partial charge on any atom is -0.341 e. The number of nitrogens with zero attached hydrogens (tertiary/aromatic N) is 2. The molecule has 1 amide bonds. The van der Waals surface area contributed by atoms with E-state index < -0.39 is 4.92 Å². The molecule has 114 valence electrons. The number of rotatable bonds is 4. The summed E-state index contributed by atoms with van der Waals surface area (Å²) < 4.78 is 0.388. The zero-order valence-electron chi connectivity index (χ0n) is 12.0. The van der Waals surface area contributed by atoms with Gasteiger partial charge in [-0.05, 0) is 46.8 Å². The Bertz CT molecular complexity index is 542. The van der Waals surface area contributed by atoms with E-state index in [9.17, 15) is 14.9 Å². The average molecular weight is 355 g/mol. The first-order valence-electron chi connectivity index (χ1n) is 7.18. The van der Waals surface area contributed by atoms with Crippen LogP contribution in [0.4, 0.5) is 5.69 Å². The quantitative estimate of drug-likeness (QED) is 0.606. The van der Waals surface area contributed by atoms with Crippen molar-refractivity contribution in [3.05, 3.63) is 38.3 Å². The standard InChI is InChI=1S/C15H19BrN2O3/c1-17(10-11-5-3-2-4-6-11)15(19)12-7-8-13(16)14(9-12)18(20)21/h7-9,11H,2-6,10H2,1H3. The van der Waals surface area contributed by atoms with Gasteiger partial charge in [0, 0.05) is 25.2 Å². The summed E-state index contributed by atoms with van der Waals surface area (Å²) in [5.74, 6) is 0.398. The molecule has 1 aromatic carbocycles. The van der Waals surface area contributed by atoms with Gasteiger partial charge in [0.15, 0.2) is 0 Å². The fourth-order valence-electron chi connectivity index (χ4n) is 2.85. The summed E-state index contributed by atoms with van der Waals surface area (Å²) in [4.78, 5) is 24.5.